The van der Waals surface area contributed by atoms with Gasteiger partial charge < -0.3 is 11.2 Å². The van der Waals surface area contributed by atoms with Crippen molar-refractivity contribution >= 4 is 11.7 Å². The van der Waals surface area contributed by atoms with Crippen molar-refractivity contribution in [2.75, 3.05) is 0 Å². The lowest BCUT2D eigenvalue weighted by Gasteiger charge is -2.12. The number of hydrogen-bond acceptors (Lipinski definition) is 3. The summed E-state index contributed by atoms with van der Waals surface area (Å²) in [5.74, 6) is 0.0704. The first kappa shape index (κ1) is 17.6. The number of amidine groups is 2. The van der Waals surface area contributed by atoms with Gasteiger partial charge in [0.2, 0.25) is 0 Å². The summed E-state index contributed by atoms with van der Waals surface area (Å²) in [5, 5.41) is 7.93. The highest BCUT2D eigenvalue weighted by atomic mass is 19.1. The van der Waals surface area contributed by atoms with E-state index < -0.39 is 0 Å². The SMILES string of the molecule is C=CC(N)=NC(=N)/C(=C\NNCc1ccccc1F)C(C)C. The number of hydrogen-bond donors (Lipinski definition) is 4. The molecule has 1 aromatic rings. The van der Waals surface area contributed by atoms with Gasteiger partial charge in [0.1, 0.15) is 11.7 Å². The molecule has 22 heavy (non-hydrogen) atoms. The molecule has 0 atom stereocenters. The van der Waals surface area contributed by atoms with E-state index in [4.69, 9.17) is 11.1 Å². The Hall–Kier alpha value is -2.47. The fraction of sp³-hybridized carbons (Fsp3) is 0.250. The quantitative estimate of drug-likeness (QED) is 0.270. The number of nitrogens with two attached hydrogens (primary N) is 1. The number of rotatable bonds is 7. The van der Waals surface area contributed by atoms with E-state index in [2.05, 4.69) is 22.4 Å². The number of halogens is 1. The van der Waals surface area contributed by atoms with Crippen LogP contribution in [0.3, 0.4) is 0 Å². The van der Waals surface area contributed by atoms with Crippen molar-refractivity contribution in [1.29, 1.82) is 5.41 Å². The predicted octanol–water partition coefficient (Wildman–Crippen LogP) is 2.48. The smallest absolute Gasteiger partial charge is 0.151 e. The summed E-state index contributed by atoms with van der Waals surface area (Å²) < 4.78 is 13.5. The molecule has 0 saturated heterocycles. The van der Waals surface area contributed by atoms with Gasteiger partial charge in [-0.25, -0.2) is 14.8 Å². The summed E-state index contributed by atoms with van der Waals surface area (Å²) in [6.07, 6.45) is 3.02. The van der Waals surface area contributed by atoms with E-state index in [1.165, 1.54) is 12.1 Å². The molecule has 0 amide bonds. The van der Waals surface area contributed by atoms with Crippen molar-refractivity contribution < 1.29 is 4.39 Å². The molecule has 0 bridgehead atoms. The van der Waals surface area contributed by atoms with E-state index in [1.807, 2.05) is 13.8 Å². The number of benzene rings is 1. The van der Waals surface area contributed by atoms with Crippen LogP contribution in [0.25, 0.3) is 0 Å². The van der Waals surface area contributed by atoms with Gasteiger partial charge >= 0.3 is 0 Å². The van der Waals surface area contributed by atoms with Gasteiger partial charge in [-0.3, -0.25) is 5.41 Å². The Morgan fingerprint density at radius 1 is 1.45 bits per heavy atom. The van der Waals surface area contributed by atoms with Crippen LogP contribution in [-0.2, 0) is 6.54 Å². The number of aliphatic imine (C=N–C) groups is 1. The van der Waals surface area contributed by atoms with Gasteiger partial charge in [0, 0.05) is 23.9 Å². The second-order valence-corrected chi connectivity index (χ2v) is 4.93. The predicted molar refractivity (Wildman–Crippen MR) is 88.8 cm³/mol. The highest BCUT2D eigenvalue weighted by molar-refractivity contribution is 6.07. The van der Waals surface area contributed by atoms with Gasteiger partial charge in [0.15, 0.2) is 5.84 Å². The van der Waals surface area contributed by atoms with Gasteiger partial charge in [0.25, 0.3) is 0 Å². The second-order valence-electron chi connectivity index (χ2n) is 4.93. The summed E-state index contributed by atoms with van der Waals surface area (Å²) in [6, 6.07) is 6.54. The lowest BCUT2D eigenvalue weighted by molar-refractivity contribution is 0.566. The number of nitrogens with one attached hydrogen (secondary N) is 3. The van der Waals surface area contributed by atoms with E-state index >= 15 is 0 Å². The van der Waals surface area contributed by atoms with Crippen molar-refractivity contribution in [1.82, 2.24) is 10.9 Å². The zero-order valence-corrected chi connectivity index (χ0v) is 12.9. The second kappa shape index (κ2) is 8.74. The number of hydrazine groups is 1. The Labute approximate surface area is 130 Å². The summed E-state index contributed by atoms with van der Waals surface area (Å²) in [6.45, 7) is 7.71. The minimum Gasteiger partial charge on any atom is -0.384 e. The molecule has 0 spiro atoms. The molecule has 0 aliphatic heterocycles. The molecule has 0 aliphatic carbocycles. The fourth-order valence-electron chi connectivity index (χ4n) is 1.66. The van der Waals surface area contributed by atoms with Crippen LogP contribution in [0.2, 0.25) is 0 Å². The maximum absolute atomic E-state index is 13.5. The monoisotopic (exact) mass is 303 g/mol. The van der Waals surface area contributed by atoms with Crippen LogP contribution in [0, 0.1) is 17.1 Å². The van der Waals surface area contributed by atoms with E-state index in [-0.39, 0.29) is 23.4 Å². The van der Waals surface area contributed by atoms with Crippen LogP contribution in [0.5, 0.6) is 0 Å². The third-order valence-electron chi connectivity index (χ3n) is 2.91. The van der Waals surface area contributed by atoms with E-state index in [1.54, 1.807) is 24.4 Å². The first-order valence-corrected chi connectivity index (χ1v) is 6.93. The molecule has 1 rings (SSSR count). The molecule has 6 heteroatoms. The molecular weight excluding hydrogens is 281 g/mol. The maximum Gasteiger partial charge on any atom is 0.151 e. The molecule has 5 N–H and O–H groups in total. The van der Waals surface area contributed by atoms with Crippen LogP contribution < -0.4 is 16.6 Å². The van der Waals surface area contributed by atoms with Crippen molar-refractivity contribution in [2.45, 2.75) is 20.4 Å². The van der Waals surface area contributed by atoms with Crippen LogP contribution in [0.15, 0.2) is 53.7 Å². The highest BCUT2D eigenvalue weighted by Crippen LogP contribution is 2.11. The van der Waals surface area contributed by atoms with Crippen molar-refractivity contribution in [3.05, 3.63) is 60.1 Å². The molecule has 0 heterocycles. The molecule has 0 aliphatic rings. The average Bonchev–Trinajstić information content (AvgIpc) is 2.48. The Balaban J connectivity index is 2.66. The Morgan fingerprint density at radius 3 is 2.73 bits per heavy atom. The zero-order chi connectivity index (χ0) is 16.5. The largest absolute Gasteiger partial charge is 0.384 e. The summed E-state index contributed by atoms with van der Waals surface area (Å²) in [4.78, 5) is 3.93. The third kappa shape index (κ3) is 5.49. The van der Waals surface area contributed by atoms with Crippen LogP contribution in [0.4, 0.5) is 4.39 Å². The molecule has 0 saturated carbocycles. The van der Waals surface area contributed by atoms with E-state index in [0.717, 1.165) is 0 Å². The van der Waals surface area contributed by atoms with Gasteiger partial charge in [-0.2, -0.15) is 0 Å². The molecule has 0 unspecified atom stereocenters. The van der Waals surface area contributed by atoms with Gasteiger partial charge in [0.05, 0.1) is 0 Å². The molecule has 5 nitrogen and oxygen atoms in total. The summed E-state index contributed by atoms with van der Waals surface area (Å²) in [5.41, 5.74) is 12.5. The third-order valence-corrected chi connectivity index (χ3v) is 2.91. The van der Waals surface area contributed by atoms with E-state index in [0.29, 0.717) is 17.7 Å². The Bertz CT molecular complexity index is 590. The first-order valence-electron chi connectivity index (χ1n) is 6.93. The van der Waals surface area contributed by atoms with Gasteiger partial charge in [-0.1, -0.05) is 38.6 Å². The lowest BCUT2D eigenvalue weighted by Crippen LogP contribution is -2.28. The minimum absolute atomic E-state index is 0.0626. The van der Waals surface area contributed by atoms with Crippen molar-refractivity contribution in [2.24, 2.45) is 16.6 Å². The van der Waals surface area contributed by atoms with Crippen LogP contribution in [-0.4, -0.2) is 11.7 Å². The molecule has 1 aromatic carbocycles. The Kier molecular flexibility index (Phi) is 6.98. The normalized spacial score (nSPS) is 12.4. The van der Waals surface area contributed by atoms with Crippen molar-refractivity contribution in [3.63, 3.8) is 0 Å². The average molecular weight is 303 g/mol. The minimum atomic E-state index is -0.263. The molecule has 0 radical (unpaired) electrons. The zero-order valence-electron chi connectivity index (χ0n) is 12.9. The molecule has 118 valence electrons. The van der Waals surface area contributed by atoms with Gasteiger partial charge in [-0.05, 0) is 18.1 Å². The van der Waals surface area contributed by atoms with Crippen molar-refractivity contribution in [3.8, 4) is 0 Å². The summed E-state index contributed by atoms with van der Waals surface area (Å²) in [7, 11) is 0. The van der Waals surface area contributed by atoms with Gasteiger partial charge in [-0.15, -0.1) is 0 Å². The summed E-state index contributed by atoms with van der Waals surface area (Å²) >= 11 is 0. The number of nitrogens with zero attached hydrogens (tertiary/aromatic N) is 1. The van der Waals surface area contributed by atoms with E-state index in [9.17, 15) is 4.39 Å². The standard InChI is InChI=1S/C16H22FN5/c1-4-15(18)22-16(19)13(11(2)3)10-21-20-9-12-7-5-6-8-14(12)17/h4-8,10-11,20-21H,1,9H2,2-3H3,(H3,18,19,22)/b13-10-. The first-order chi connectivity index (χ1) is 10.5. The fourth-order valence-corrected chi connectivity index (χ4v) is 1.66. The Morgan fingerprint density at radius 2 is 2.14 bits per heavy atom. The topological polar surface area (TPSA) is 86.3 Å². The van der Waals surface area contributed by atoms with Crippen LogP contribution >= 0.6 is 0 Å². The molecule has 0 fully saturated rings. The highest BCUT2D eigenvalue weighted by Gasteiger charge is 2.09. The lowest BCUT2D eigenvalue weighted by atomic mass is 10.0. The molecule has 0 aromatic heterocycles. The van der Waals surface area contributed by atoms with Crippen LogP contribution in [0.1, 0.15) is 19.4 Å². The maximum atomic E-state index is 13.5. The molecular formula is C16H22FN5.